The number of amides is 1. The van der Waals surface area contributed by atoms with Crippen molar-refractivity contribution in [2.75, 3.05) is 33.9 Å². The van der Waals surface area contributed by atoms with Gasteiger partial charge in [-0.15, -0.1) is 0 Å². The van der Waals surface area contributed by atoms with Crippen LogP contribution in [0.15, 0.2) is 30.3 Å². The molecule has 0 saturated carbocycles. The van der Waals surface area contributed by atoms with Crippen LogP contribution in [0.3, 0.4) is 0 Å². The van der Waals surface area contributed by atoms with E-state index in [-0.39, 0.29) is 43.5 Å². The van der Waals surface area contributed by atoms with Crippen molar-refractivity contribution in [2.45, 2.75) is 25.7 Å². The molecule has 0 fully saturated rings. The molecule has 0 saturated heterocycles. The SMILES string of the molecule is COCCCN(CCC(=O)OC)C(=O)CCC(=O)c1ccccc1. The van der Waals surface area contributed by atoms with Gasteiger partial charge in [0.25, 0.3) is 0 Å². The minimum absolute atomic E-state index is 0.0613. The predicted molar refractivity (Wildman–Crippen MR) is 89.7 cm³/mol. The van der Waals surface area contributed by atoms with Crippen molar-refractivity contribution >= 4 is 17.7 Å². The molecule has 1 amide bonds. The van der Waals surface area contributed by atoms with Gasteiger partial charge in [0.2, 0.25) is 5.91 Å². The van der Waals surface area contributed by atoms with Crippen molar-refractivity contribution in [2.24, 2.45) is 0 Å². The Balaban J connectivity index is 2.52. The highest BCUT2D eigenvalue weighted by molar-refractivity contribution is 5.97. The van der Waals surface area contributed by atoms with Gasteiger partial charge in [-0.3, -0.25) is 14.4 Å². The number of methoxy groups -OCH3 is 2. The third-order valence-electron chi connectivity index (χ3n) is 3.60. The molecule has 0 atom stereocenters. The van der Waals surface area contributed by atoms with Gasteiger partial charge in [0.1, 0.15) is 0 Å². The van der Waals surface area contributed by atoms with Gasteiger partial charge in [0.05, 0.1) is 13.5 Å². The largest absolute Gasteiger partial charge is 0.469 e. The monoisotopic (exact) mass is 335 g/mol. The molecule has 0 bridgehead atoms. The van der Waals surface area contributed by atoms with E-state index in [0.29, 0.717) is 25.1 Å². The first-order valence-electron chi connectivity index (χ1n) is 8.00. The summed E-state index contributed by atoms with van der Waals surface area (Å²) in [6, 6.07) is 8.90. The Hall–Kier alpha value is -2.21. The summed E-state index contributed by atoms with van der Waals surface area (Å²) in [5, 5.41) is 0. The summed E-state index contributed by atoms with van der Waals surface area (Å²) in [5.74, 6) is -0.562. The van der Waals surface area contributed by atoms with E-state index >= 15 is 0 Å². The molecule has 6 nitrogen and oxygen atoms in total. The summed E-state index contributed by atoms with van der Waals surface area (Å²) in [6.07, 6.45) is 1.10. The molecule has 0 radical (unpaired) electrons. The van der Waals surface area contributed by atoms with Crippen LogP contribution < -0.4 is 0 Å². The highest BCUT2D eigenvalue weighted by Crippen LogP contribution is 2.08. The Kier molecular flexibility index (Phi) is 9.38. The Morgan fingerprint density at radius 1 is 0.958 bits per heavy atom. The lowest BCUT2D eigenvalue weighted by atomic mass is 10.1. The number of esters is 1. The second-order valence-electron chi connectivity index (χ2n) is 5.34. The zero-order valence-corrected chi connectivity index (χ0v) is 14.3. The summed E-state index contributed by atoms with van der Waals surface area (Å²) in [7, 11) is 2.91. The summed E-state index contributed by atoms with van der Waals surface area (Å²) >= 11 is 0. The third kappa shape index (κ3) is 7.37. The molecule has 0 unspecified atom stereocenters. The molecule has 132 valence electrons. The minimum atomic E-state index is -0.361. The van der Waals surface area contributed by atoms with Crippen LogP contribution in [0.4, 0.5) is 0 Å². The van der Waals surface area contributed by atoms with Crippen LogP contribution in [0.5, 0.6) is 0 Å². The Morgan fingerprint density at radius 2 is 1.67 bits per heavy atom. The van der Waals surface area contributed by atoms with Gasteiger partial charge < -0.3 is 14.4 Å². The number of hydrogen-bond donors (Lipinski definition) is 0. The molecule has 24 heavy (non-hydrogen) atoms. The molecule has 0 spiro atoms. The molecule has 1 aromatic carbocycles. The third-order valence-corrected chi connectivity index (χ3v) is 3.60. The topological polar surface area (TPSA) is 72.9 Å². The molecule has 1 aromatic rings. The maximum Gasteiger partial charge on any atom is 0.307 e. The Labute approximate surface area is 142 Å². The van der Waals surface area contributed by atoms with Gasteiger partial charge in [0, 0.05) is 45.2 Å². The number of rotatable bonds is 11. The summed E-state index contributed by atoms with van der Waals surface area (Å²) in [5.41, 5.74) is 0.603. The molecule has 0 aliphatic carbocycles. The Morgan fingerprint density at radius 3 is 2.29 bits per heavy atom. The molecule has 0 aliphatic rings. The average molecular weight is 335 g/mol. The average Bonchev–Trinajstić information content (AvgIpc) is 2.62. The van der Waals surface area contributed by atoms with E-state index in [4.69, 9.17) is 4.74 Å². The van der Waals surface area contributed by atoms with Crippen LogP contribution in [0.25, 0.3) is 0 Å². The van der Waals surface area contributed by atoms with E-state index in [9.17, 15) is 14.4 Å². The number of ketones is 1. The number of Topliss-reactive ketones (excluding diaryl/α,β-unsaturated/α-hetero) is 1. The minimum Gasteiger partial charge on any atom is -0.469 e. The molecule has 0 N–H and O–H groups in total. The maximum absolute atomic E-state index is 12.4. The molecule has 0 aliphatic heterocycles. The summed E-state index contributed by atoms with van der Waals surface area (Å²) < 4.78 is 9.60. The van der Waals surface area contributed by atoms with Gasteiger partial charge in [-0.25, -0.2) is 0 Å². The maximum atomic E-state index is 12.4. The van der Waals surface area contributed by atoms with E-state index in [0.717, 1.165) is 0 Å². The van der Waals surface area contributed by atoms with E-state index < -0.39 is 0 Å². The highest BCUT2D eigenvalue weighted by atomic mass is 16.5. The van der Waals surface area contributed by atoms with E-state index in [1.54, 1.807) is 36.3 Å². The number of carbonyl (C=O) groups excluding carboxylic acids is 3. The van der Waals surface area contributed by atoms with Crippen LogP contribution in [0, 0.1) is 0 Å². The quantitative estimate of drug-likeness (QED) is 0.352. The lowest BCUT2D eigenvalue weighted by molar-refractivity contribution is -0.141. The van der Waals surface area contributed by atoms with Gasteiger partial charge in [-0.2, -0.15) is 0 Å². The van der Waals surface area contributed by atoms with Crippen LogP contribution in [0.2, 0.25) is 0 Å². The molecule has 0 aromatic heterocycles. The van der Waals surface area contributed by atoms with Crippen LogP contribution in [-0.2, 0) is 19.1 Å². The van der Waals surface area contributed by atoms with Crippen molar-refractivity contribution in [3.05, 3.63) is 35.9 Å². The molecular formula is C18H25NO5. The Bertz CT molecular complexity index is 529. The molecular weight excluding hydrogens is 310 g/mol. The van der Waals surface area contributed by atoms with Crippen LogP contribution >= 0.6 is 0 Å². The van der Waals surface area contributed by atoms with Crippen molar-refractivity contribution in [1.29, 1.82) is 0 Å². The van der Waals surface area contributed by atoms with Crippen molar-refractivity contribution in [3.8, 4) is 0 Å². The zero-order chi connectivity index (χ0) is 17.8. The number of nitrogens with zero attached hydrogens (tertiary/aromatic N) is 1. The van der Waals surface area contributed by atoms with Gasteiger partial charge in [-0.1, -0.05) is 30.3 Å². The first-order valence-corrected chi connectivity index (χ1v) is 8.00. The number of carbonyl (C=O) groups is 3. The van der Waals surface area contributed by atoms with Gasteiger partial charge in [-0.05, 0) is 6.42 Å². The van der Waals surface area contributed by atoms with Crippen molar-refractivity contribution in [3.63, 3.8) is 0 Å². The van der Waals surface area contributed by atoms with Crippen LogP contribution in [0.1, 0.15) is 36.0 Å². The number of ether oxygens (including phenoxy) is 2. The van der Waals surface area contributed by atoms with E-state index in [1.165, 1.54) is 7.11 Å². The molecule has 6 heteroatoms. The van der Waals surface area contributed by atoms with E-state index in [1.807, 2.05) is 6.07 Å². The summed E-state index contributed by atoms with van der Waals surface area (Å²) in [4.78, 5) is 37.3. The first kappa shape index (κ1) is 19.8. The lowest BCUT2D eigenvalue weighted by Crippen LogP contribution is -2.34. The normalized spacial score (nSPS) is 10.2. The van der Waals surface area contributed by atoms with Crippen LogP contribution in [-0.4, -0.2) is 56.5 Å². The zero-order valence-electron chi connectivity index (χ0n) is 14.3. The van der Waals surface area contributed by atoms with Crippen molar-refractivity contribution in [1.82, 2.24) is 4.90 Å². The fraction of sp³-hybridized carbons (Fsp3) is 0.500. The number of hydrogen-bond acceptors (Lipinski definition) is 5. The fourth-order valence-electron chi connectivity index (χ4n) is 2.24. The standard InChI is InChI=1S/C18H25NO5/c1-23-14-6-12-19(13-11-18(22)24-2)17(21)10-9-16(20)15-7-4-3-5-8-15/h3-5,7-8H,6,9-14H2,1-2H3. The highest BCUT2D eigenvalue weighted by Gasteiger charge is 2.17. The molecule has 0 heterocycles. The first-order chi connectivity index (χ1) is 11.6. The van der Waals surface area contributed by atoms with E-state index in [2.05, 4.69) is 4.74 Å². The fourth-order valence-corrected chi connectivity index (χ4v) is 2.24. The second-order valence-corrected chi connectivity index (χ2v) is 5.34. The van der Waals surface area contributed by atoms with Crippen molar-refractivity contribution < 1.29 is 23.9 Å². The predicted octanol–water partition coefficient (Wildman–Crippen LogP) is 2.08. The second kappa shape index (κ2) is 11.3. The lowest BCUT2D eigenvalue weighted by Gasteiger charge is -2.22. The van der Waals surface area contributed by atoms with Gasteiger partial charge >= 0.3 is 5.97 Å². The molecule has 1 rings (SSSR count). The van der Waals surface area contributed by atoms with Gasteiger partial charge in [0.15, 0.2) is 5.78 Å². The summed E-state index contributed by atoms with van der Waals surface area (Å²) in [6.45, 7) is 1.31. The number of benzene rings is 1. The smallest absolute Gasteiger partial charge is 0.307 e.